The number of hydrogen-bond acceptors (Lipinski definition) is 3. The van der Waals surface area contributed by atoms with Crippen LogP contribution in [0.25, 0.3) is 0 Å². The minimum atomic E-state index is -0.467. The molecule has 3 nitrogen and oxygen atoms in total. The average molecular weight is 284 g/mol. The molecule has 0 aromatic heterocycles. The van der Waals surface area contributed by atoms with Gasteiger partial charge in [0, 0.05) is 18.8 Å². The topological polar surface area (TPSA) is 49.5 Å². The summed E-state index contributed by atoms with van der Waals surface area (Å²) in [4.78, 5) is 2.22. The van der Waals surface area contributed by atoms with Crippen molar-refractivity contribution in [2.24, 2.45) is 0 Å². The summed E-state index contributed by atoms with van der Waals surface area (Å²) in [5.74, 6) is 0. The number of nitrogen functional groups attached to an aromatic ring is 1. The van der Waals surface area contributed by atoms with E-state index in [0.717, 1.165) is 29.9 Å². The molecule has 0 saturated carbocycles. The summed E-state index contributed by atoms with van der Waals surface area (Å²) in [5, 5.41) is 10.3. The monoisotopic (exact) mass is 284 g/mol. The zero-order valence-corrected chi connectivity index (χ0v) is 12.8. The van der Waals surface area contributed by atoms with Crippen molar-refractivity contribution < 1.29 is 5.11 Å². The predicted molar refractivity (Wildman–Crippen MR) is 87.9 cm³/mol. The molecule has 0 radical (unpaired) electrons. The second-order valence-corrected chi connectivity index (χ2v) is 5.64. The molecule has 1 atom stereocenters. The SMILES string of the molecule is Cc1ccc(C(O)CCN(C)Cc2ccccc2)cc1N. The van der Waals surface area contributed by atoms with Crippen LogP contribution in [0.3, 0.4) is 0 Å². The maximum Gasteiger partial charge on any atom is 0.0803 e. The first-order valence-electron chi connectivity index (χ1n) is 7.33. The number of nitrogens with two attached hydrogens (primary N) is 1. The molecule has 0 heterocycles. The van der Waals surface area contributed by atoms with Gasteiger partial charge in [-0.05, 0) is 43.1 Å². The second-order valence-electron chi connectivity index (χ2n) is 5.64. The van der Waals surface area contributed by atoms with Crippen LogP contribution in [0.15, 0.2) is 48.5 Å². The Hall–Kier alpha value is -1.84. The Kier molecular flexibility index (Phi) is 5.37. The molecule has 0 amide bonds. The predicted octanol–water partition coefficient (Wildman–Crippen LogP) is 3.13. The van der Waals surface area contributed by atoms with Gasteiger partial charge in [0.25, 0.3) is 0 Å². The summed E-state index contributed by atoms with van der Waals surface area (Å²) in [6.45, 7) is 3.70. The molecule has 2 aromatic carbocycles. The summed E-state index contributed by atoms with van der Waals surface area (Å²) < 4.78 is 0. The van der Waals surface area contributed by atoms with Gasteiger partial charge >= 0.3 is 0 Å². The zero-order valence-electron chi connectivity index (χ0n) is 12.8. The minimum Gasteiger partial charge on any atom is -0.399 e. The van der Waals surface area contributed by atoms with E-state index in [-0.39, 0.29) is 0 Å². The molecule has 21 heavy (non-hydrogen) atoms. The highest BCUT2D eigenvalue weighted by Crippen LogP contribution is 2.21. The van der Waals surface area contributed by atoms with Crippen LogP contribution in [-0.4, -0.2) is 23.6 Å². The maximum absolute atomic E-state index is 10.3. The summed E-state index contributed by atoms with van der Waals surface area (Å²) in [6.07, 6.45) is 0.234. The lowest BCUT2D eigenvalue weighted by Gasteiger charge is -2.19. The molecule has 0 bridgehead atoms. The van der Waals surface area contributed by atoms with Gasteiger partial charge in [0.15, 0.2) is 0 Å². The Morgan fingerprint density at radius 2 is 1.86 bits per heavy atom. The lowest BCUT2D eigenvalue weighted by Crippen LogP contribution is -2.21. The standard InChI is InChI=1S/C18H24N2O/c1-14-8-9-16(12-17(14)19)18(21)10-11-20(2)13-15-6-4-3-5-7-15/h3-9,12,18,21H,10-11,13,19H2,1-2H3. The van der Waals surface area contributed by atoms with Gasteiger partial charge in [-0.2, -0.15) is 0 Å². The van der Waals surface area contributed by atoms with E-state index >= 15 is 0 Å². The third kappa shape index (κ3) is 4.59. The average Bonchev–Trinajstić information content (AvgIpc) is 2.48. The number of aliphatic hydroxyl groups excluding tert-OH is 1. The van der Waals surface area contributed by atoms with Crippen LogP contribution in [0.1, 0.15) is 29.2 Å². The van der Waals surface area contributed by atoms with E-state index in [4.69, 9.17) is 5.73 Å². The van der Waals surface area contributed by atoms with Gasteiger partial charge in [-0.3, -0.25) is 0 Å². The molecule has 1 unspecified atom stereocenters. The van der Waals surface area contributed by atoms with Crippen LogP contribution in [0.4, 0.5) is 5.69 Å². The highest BCUT2D eigenvalue weighted by atomic mass is 16.3. The summed E-state index contributed by atoms with van der Waals surface area (Å²) in [7, 11) is 2.07. The molecule has 2 aromatic rings. The molecule has 0 saturated heterocycles. The van der Waals surface area contributed by atoms with E-state index in [0.29, 0.717) is 6.42 Å². The van der Waals surface area contributed by atoms with Gasteiger partial charge in [-0.15, -0.1) is 0 Å². The second kappa shape index (κ2) is 7.25. The molecular weight excluding hydrogens is 260 g/mol. The molecule has 2 rings (SSSR count). The number of anilines is 1. The van der Waals surface area contributed by atoms with Crippen molar-refractivity contribution in [1.29, 1.82) is 0 Å². The van der Waals surface area contributed by atoms with Crippen LogP contribution in [0, 0.1) is 6.92 Å². The third-order valence-corrected chi connectivity index (χ3v) is 3.77. The molecule has 0 spiro atoms. The Morgan fingerprint density at radius 1 is 1.14 bits per heavy atom. The van der Waals surface area contributed by atoms with Crippen LogP contribution < -0.4 is 5.73 Å². The fraction of sp³-hybridized carbons (Fsp3) is 0.333. The minimum absolute atomic E-state index is 0.467. The van der Waals surface area contributed by atoms with Crippen molar-refractivity contribution in [1.82, 2.24) is 4.90 Å². The number of hydrogen-bond donors (Lipinski definition) is 2. The van der Waals surface area contributed by atoms with Gasteiger partial charge in [-0.1, -0.05) is 42.5 Å². The van der Waals surface area contributed by atoms with Gasteiger partial charge in [0.1, 0.15) is 0 Å². The molecule has 0 fully saturated rings. The van der Waals surface area contributed by atoms with E-state index in [1.807, 2.05) is 43.3 Å². The number of aryl methyl sites for hydroxylation is 1. The largest absolute Gasteiger partial charge is 0.399 e. The highest BCUT2D eigenvalue weighted by molar-refractivity contribution is 5.48. The summed E-state index contributed by atoms with van der Waals surface area (Å²) in [5.41, 5.74) is 9.86. The van der Waals surface area contributed by atoms with E-state index in [9.17, 15) is 5.11 Å². The van der Waals surface area contributed by atoms with Crippen LogP contribution in [0.2, 0.25) is 0 Å². The third-order valence-electron chi connectivity index (χ3n) is 3.77. The van der Waals surface area contributed by atoms with Crippen molar-refractivity contribution in [2.75, 3.05) is 19.3 Å². The molecular formula is C18H24N2O. The van der Waals surface area contributed by atoms with Crippen LogP contribution in [-0.2, 0) is 6.54 Å². The first-order chi connectivity index (χ1) is 10.1. The number of rotatable bonds is 6. The Morgan fingerprint density at radius 3 is 2.52 bits per heavy atom. The lowest BCUT2D eigenvalue weighted by molar-refractivity contribution is 0.147. The smallest absolute Gasteiger partial charge is 0.0803 e. The summed E-state index contributed by atoms with van der Waals surface area (Å²) in [6, 6.07) is 16.1. The highest BCUT2D eigenvalue weighted by Gasteiger charge is 2.10. The first-order valence-corrected chi connectivity index (χ1v) is 7.33. The fourth-order valence-corrected chi connectivity index (χ4v) is 2.35. The van der Waals surface area contributed by atoms with Crippen molar-refractivity contribution in [3.05, 3.63) is 65.2 Å². The summed E-state index contributed by atoms with van der Waals surface area (Å²) >= 11 is 0. The van der Waals surface area contributed by atoms with Gasteiger partial charge in [0.05, 0.1) is 6.10 Å². The van der Waals surface area contributed by atoms with Crippen molar-refractivity contribution in [2.45, 2.75) is 26.0 Å². The number of aliphatic hydroxyl groups is 1. The van der Waals surface area contributed by atoms with Crippen LogP contribution in [0.5, 0.6) is 0 Å². The van der Waals surface area contributed by atoms with E-state index in [1.54, 1.807) is 0 Å². The number of benzene rings is 2. The van der Waals surface area contributed by atoms with Gasteiger partial charge in [-0.25, -0.2) is 0 Å². The zero-order chi connectivity index (χ0) is 15.2. The van der Waals surface area contributed by atoms with Crippen molar-refractivity contribution >= 4 is 5.69 Å². The van der Waals surface area contributed by atoms with Crippen LogP contribution >= 0.6 is 0 Å². The molecule has 0 aliphatic heterocycles. The Labute approximate surface area is 127 Å². The van der Waals surface area contributed by atoms with Crippen molar-refractivity contribution in [3.63, 3.8) is 0 Å². The van der Waals surface area contributed by atoms with Crippen molar-refractivity contribution in [3.8, 4) is 0 Å². The molecule has 3 N–H and O–H groups in total. The molecule has 0 aliphatic carbocycles. The molecule has 0 aliphatic rings. The lowest BCUT2D eigenvalue weighted by atomic mass is 10.0. The Bertz CT molecular complexity index is 569. The number of nitrogens with zero attached hydrogens (tertiary/aromatic N) is 1. The van der Waals surface area contributed by atoms with E-state index in [2.05, 4.69) is 24.1 Å². The fourth-order valence-electron chi connectivity index (χ4n) is 2.35. The van der Waals surface area contributed by atoms with E-state index < -0.39 is 6.10 Å². The van der Waals surface area contributed by atoms with E-state index in [1.165, 1.54) is 5.56 Å². The quantitative estimate of drug-likeness (QED) is 0.801. The van der Waals surface area contributed by atoms with Gasteiger partial charge in [0.2, 0.25) is 0 Å². The normalized spacial score (nSPS) is 12.6. The first kappa shape index (κ1) is 15.5. The molecule has 3 heteroatoms. The Balaban J connectivity index is 1.85. The maximum atomic E-state index is 10.3. The van der Waals surface area contributed by atoms with Gasteiger partial charge < -0.3 is 15.7 Å². The molecule has 112 valence electrons.